The summed E-state index contributed by atoms with van der Waals surface area (Å²) < 4.78 is 21.4. The van der Waals surface area contributed by atoms with Crippen molar-refractivity contribution in [3.05, 3.63) is 207 Å². The molecule has 296 valence electrons. The number of aromatic nitrogens is 5. The number of imidazole rings is 1. The molecule has 7 nitrogen and oxygen atoms in total. The van der Waals surface area contributed by atoms with Crippen LogP contribution in [0.4, 0.5) is 0 Å². The molecular formula is C54H31N5O2Pt-2. The van der Waals surface area contributed by atoms with Crippen molar-refractivity contribution in [2.75, 3.05) is 0 Å². The van der Waals surface area contributed by atoms with Crippen molar-refractivity contribution in [1.29, 1.82) is 0 Å². The van der Waals surface area contributed by atoms with Gasteiger partial charge in [0, 0.05) is 59.6 Å². The van der Waals surface area contributed by atoms with Crippen molar-refractivity contribution in [1.82, 2.24) is 18.7 Å². The van der Waals surface area contributed by atoms with E-state index < -0.39 is 0 Å². The number of nitrogens with zero attached hydrogens (tertiary/aromatic N) is 5. The first-order chi connectivity index (χ1) is 30.2. The summed E-state index contributed by atoms with van der Waals surface area (Å²) in [4.78, 5) is 4.89. The predicted octanol–water partition coefficient (Wildman–Crippen LogP) is 12.6. The van der Waals surface area contributed by atoms with E-state index in [1.807, 2.05) is 42.5 Å². The molecule has 8 heteroatoms. The molecule has 0 aliphatic carbocycles. The molecule has 0 N–H and O–H groups in total. The van der Waals surface area contributed by atoms with Crippen molar-refractivity contribution >= 4 is 76.6 Å². The molecule has 0 aliphatic heterocycles. The summed E-state index contributed by atoms with van der Waals surface area (Å²) in [5.74, 6) is 1.90. The molecule has 5 aromatic heterocycles. The van der Waals surface area contributed by atoms with Crippen molar-refractivity contribution in [2.45, 2.75) is 0 Å². The molecule has 0 atom stereocenters. The first kappa shape index (κ1) is 36.1. The molecule has 8 aromatic carbocycles. The molecule has 0 fully saturated rings. The maximum Gasteiger partial charge on any atom is 0.268 e. The molecule has 0 radical (unpaired) electrons. The van der Waals surface area contributed by atoms with Gasteiger partial charge in [-0.15, -0.1) is 29.7 Å². The second-order valence-electron chi connectivity index (χ2n) is 15.2. The molecule has 62 heavy (non-hydrogen) atoms. The van der Waals surface area contributed by atoms with Crippen LogP contribution in [0.15, 0.2) is 193 Å². The summed E-state index contributed by atoms with van der Waals surface area (Å²) in [7, 11) is 0. The van der Waals surface area contributed by atoms with Crippen molar-refractivity contribution < 1.29 is 34.8 Å². The second-order valence-corrected chi connectivity index (χ2v) is 15.2. The van der Waals surface area contributed by atoms with Gasteiger partial charge in [-0.1, -0.05) is 115 Å². The minimum atomic E-state index is 0. The van der Waals surface area contributed by atoms with Crippen LogP contribution in [0.1, 0.15) is 0 Å². The van der Waals surface area contributed by atoms with Gasteiger partial charge in [0.05, 0.1) is 39.6 Å². The van der Waals surface area contributed by atoms with Crippen LogP contribution in [-0.2, 0) is 21.1 Å². The minimum absolute atomic E-state index is 0. The van der Waals surface area contributed by atoms with Crippen LogP contribution in [0, 0.1) is 18.5 Å². The summed E-state index contributed by atoms with van der Waals surface area (Å²) in [5, 5.41) is 6.66. The van der Waals surface area contributed by atoms with Crippen LogP contribution in [0.2, 0.25) is 0 Å². The van der Waals surface area contributed by atoms with Crippen LogP contribution >= 0.6 is 0 Å². The van der Waals surface area contributed by atoms with Gasteiger partial charge < -0.3 is 22.9 Å². The predicted molar refractivity (Wildman–Crippen MR) is 242 cm³/mol. The number of fused-ring (bicyclic) bond motifs is 10. The Labute approximate surface area is 369 Å². The van der Waals surface area contributed by atoms with E-state index in [9.17, 15) is 0 Å². The number of ether oxygens (including phenoxy) is 1. The molecular weight excluding hydrogens is 946 g/mol. The number of para-hydroxylation sites is 8. The minimum Gasteiger partial charge on any atom is -0.510 e. The van der Waals surface area contributed by atoms with Gasteiger partial charge in [-0.3, -0.25) is 4.57 Å². The molecule has 0 saturated heterocycles. The maximum absolute atomic E-state index is 6.61. The van der Waals surface area contributed by atoms with Crippen LogP contribution in [0.5, 0.6) is 11.5 Å². The van der Waals surface area contributed by atoms with Gasteiger partial charge in [0.2, 0.25) is 0 Å². The van der Waals surface area contributed by atoms with E-state index >= 15 is 0 Å². The van der Waals surface area contributed by atoms with E-state index in [2.05, 4.69) is 176 Å². The third-order valence-electron chi connectivity index (χ3n) is 11.8. The number of pyridine rings is 1. The monoisotopic (exact) mass is 976 g/mol. The third kappa shape index (κ3) is 5.48. The topological polar surface area (TPSA) is 53.9 Å². The van der Waals surface area contributed by atoms with Gasteiger partial charge in [-0.25, -0.2) is 4.98 Å². The SMILES string of the molecule is [Pt].[c-]1c(Oc2[c-]c3c(cc2)c2ccccc2n3-c2cc3c(cn2)oc2ccccc23)cccc1-n1[c-][n+](-c2ccccc2-n2c3ccccc3c3ccccc32)c2ccccc21. The Kier molecular flexibility index (Phi) is 8.27. The Morgan fingerprint density at radius 1 is 0.500 bits per heavy atom. The number of benzene rings is 8. The Morgan fingerprint density at radius 3 is 1.92 bits per heavy atom. The summed E-state index contributed by atoms with van der Waals surface area (Å²) in [5.41, 5.74) is 10.6. The average Bonchev–Trinajstić information content (AvgIpc) is 4.07. The molecule has 13 aromatic rings. The third-order valence-corrected chi connectivity index (χ3v) is 11.8. The van der Waals surface area contributed by atoms with Gasteiger partial charge in [0.1, 0.15) is 11.4 Å². The van der Waals surface area contributed by atoms with Crippen molar-refractivity contribution in [3.63, 3.8) is 0 Å². The van der Waals surface area contributed by atoms with Crippen LogP contribution in [-0.4, -0.2) is 18.7 Å². The van der Waals surface area contributed by atoms with Gasteiger partial charge >= 0.3 is 0 Å². The Bertz CT molecular complexity index is 3840. The zero-order chi connectivity index (χ0) is 40.0. The summed E-state index contributed by atoms with van der Waals surface area (Å²) in [6.07, 6.45) is 5.51. The van der Waals surface area contributed by atoms with Gasteiger partial charge in [-0.05, 0) is 53.5 Å². The van der Waals surface area contributed by atoms with Crippen LogP contribution in [0.25, 0.3) is 99.5 Å². The van der Waals surface area contributed by atoms with E-state index in [-0.39, 0.29) is 21.1 Å². The second kappa shape index (κ2) is 14.2. The number of hydrogen-bond donors (Lipinski definition) is 0. The number of rotatable bonds is 6. The normalized spacial score (nSPS) is 11.7. The molecule has 0 bridgehead atoms. The molecule has 0 unspecified atom stereocenters. The number of hydrogen-bond acceptors (Lipinski definition) is 3. The van der Waals surface area contributed by atoms with E-state index in [1.54, 1.807) is 6.20 Å². The van der Waals surface area contributed by atoms with Gasteiger partial charge in [0.25, 0.3) is 6.33 Å². The number of furan rings is 1. The summed E-state index contributed by atoms with van der Waals surface area (Å²) in [6, 6.07) is 69.8. The van der Waals surface area contributed by atoms with Crippen molar-refractivity contribution in [2.24, 2.45) is 0 Å². The zero-order valence-corrected chi connectivity index (χ0v) is 35.0. The molecule has 0 aliphatic rings. The molecule has 0 spiro atoms. The fraction of sp³-hybridized carbons (Fsp3) is 0. The average molecular weight is 977 g/mol. The first-order valence-electron chi connectivity index (χ1n) is 20.2. The van der Waals surface area contributed by atoms with E-state index in [0.29, 0.717) is 11.5 Å². The summed E-state index contributed by atoms with van der Waals surface area (Å²) in [6.45, 7) is 0. The Balaban J connectivity index is 0.00000410. The van der Waals surface area contributed by atoms with Crippen molar-refractivity contribution in [3.8, 4) is 34.4 Å². The fourth-order valence-electron chi connectivity index (χ4n) is 9.10. The Hall–Kier alpha value is -7.73. The molecule has 0 amide bonds. The largest absolute Gasteiger partial charge is 0.510 e. The standard InChI is InChI=1S/C54H31N5O2.Pt/c1-5-20-44-38(16-1)39-17-2-6-21-45(39)58(44)50-26-11-10-25-49(50)57-34-56(47-23-8-9-24-48(47)57)35-14-13-15-36(30-35)60-37-28-29-41-40-18-3-7-22-46(40)59(51(41)31-37)54-32-43-42-19-4-12-27-52(42)61-53(43)33-55-54;/h1-29,32-33H;/q-2;. The maximum atomic E-state index is 6.61. The fourth-order valence-corrected chi connectivity index (χ4v) is 9.10. The van der Waals surface area contributed by atoms with Gasteiger partial charge in [-0.2, -0.15) is 18.2 Å². The van der Waals surface area contributed by atoms with Gasteiger partial charge in [0.15, 0.2) is 5.58 Å². The molecule has 13 rings (SSSR count). The van der Waals surface area contributed by atoms with E-state index in [1.165, 1.54) is 10.8 Å². The first-order valence-corrected chi connectivity index (χ1v) is 20.2. The summed E-state index contributed by atoms with van der Waals surface area (Å²) >= 11 is 0. The van der Waals surface area contributed by atoms with Crippen LogP contribution in [0.3, 0.4) is 0 Å². The molecule has 0 saturated carbocycles. The smallest absolute Gasteiger partial charge is 0.268 e. The molecule has 5 heterocycles. The zero-order valence-electron chi connectivity index (χ0n) is 32.8. The van der Waals surface area contributed by atoms with E-state index in [4.69, 9.17) is 14.1 Å². The van der Waals surface area contributed by atoms with Crippen LogP contribution < -0.4 is 9.30 Å². The van der Waals surface area contributed by atoms with E-state index in [0.717, 1.165) is 88.7 Å². The Morgan fingerprint density at radius 2 is 1.13 bits per heavy atom. The quantitative estimate of drug-likeness (QED) is 0.123.